The second-order valence-electron chi connectivity index (χ2n) is 7.54. The van der Waals surface area contributed by atoms with E-state index in [1.807, 2.05) is 12.3 Å². The van der Waals surface area contributed by atoms with Crippen molar-refractivity contribution in [1.29, 1.82) is 0 Å². The zero-order chi connectivity index (χ0) is 21.0. The molecule has 0 aliphatic rings. The lowest BCUT2D eigenvalue weighted by Crippen LogP contribution is -2.29. The molecule has 0 aliphatic heterocycles. The summed E-state index contributed by atoms with van der Waals surface area (Å²) in [4.78, 5) is 11.7. The van der Waals surface area contributed by atoms with Crippen LogP contribution in [-0.2, 0) is 6.42 Å². The number of fused-ring (bicyclic) bond motifs is 1. The van der Waals surface area contributed by atoms with Gasteiger partial charge in [-0.1, -0.05) is 44.0 Å². The smallest absolute Gasteiger partial charge is 0.165 e. The third-order valence-electron chi connectivity index (χ3n) is 4.95. The van der Waals surface area contributed by atoms with E-state index in [9.17, 15) is 4.39 Å². The third-order valence-corrected chi connectivity index (χ3v) is 5.49. The van der Waals surface area contributed by atoms with Crippen LogP contribution in [0.3, 0.4) is 0 Å². The van der Waals surface area contributed by atoms with Crippen LogP contribution < -0.4 is 4.90 Å². The lowest BCUT2D eigenvalue weighted by atomic mass is 10.1. The average Bonchev–Trinajstić information content (AvgIpc) is 3.07. The van der Waals surface area contributed by atoms with Crippen LogP contribution in [0.5, 0.6) is 0 Å². The quantitative estimate of drug-likeness (QED) is 0.384. The van der Waals surface area contributed by atoms with Gasteiger partial charge < -0.3 is 4.90 Å². The molecule has 0 aliphatic carbocycles. The Morgan fingerprint density at radius 2 is 2.00 bits per heavy atom. The topological polar surface area (TPSA) is 33.4 Å². The van der Waals surface area contributed by atoms with Crippen LogP contribution in [0.2, 0.25) is 10.0 Å². The van der Waals surface area contributed by atoms with Gasteiger partial charge in [-0.3, -0.25) is 13.8 Å². The van der Waals surface area contributed by atoms with Gasteiger partial charge >= 0.3 is 0 Å². The first kappa shape index (κ1) is 21.8. The van der Waals surface area contributed by atoms with Crippen LogP contribution in [0.15, 0.2) is 30.6 Å². The Labute approximate surface area is 181 Å². The Morgan fingerprint density at radius 1 is 1.21 bits per heavy atom. The molecule has 0 atom stereocenters. The van der Waals surface area contributed by atoms with Gasteiger partial charge in [-0.25, -0.2) is 4.98 Å². The van der Waals surface area contributed by atoms with Crippen molar-refractivity contribution in [2.45, 2.75) is 40.0 Å². The molecule has 2 aromatic heterocycles. The van der Waals surface area contributed by atoms with Crippen molar-refractivity contribution in [2.24, 2.45) is 5.92 Å². The molecule has 3 rings (SSSR count). The molecule has 0 radical (unpaired) electrons. The summed E-state index contributed by atoms with van der Waals surface area (Å²) >= 11 is 12.5. The Bertz CT molecular complexity index is 971. The maximum Gasteiger partial charge on any atom is 0.165 e. The molecule has 0 bridgehead atoms. The number of hydrogen-bond acceptors (Lipinski definition) is 3. The van der Waals surface area contributed by atoms with E-state index in [1.165, 1.54) is 0 Å². The van der Waals surface area contributed by atoms with Crippen molar-refractivity contribution >= 4 is 34.7 Å². The van der Waals surface area contributed by atoms with Crippen LogP contribution >= 0.6 is 23.2 Å². The van der Waals surface area contributed by atoms with Crippen molar-refractivity contribution in [3.05, 3.63) is 46.3 Å². The highest BCUT2D eigenvalue weighted by Crippen LogP contribution is 2.34. The minimum Gasteiger partial charge on any atom is -0.356 e. The van der Waals surface area contributed by atoms with Gasteiger partial charge in [0.1, 0.15) is 11.5 Å². The average molecular weight is 437 g/mol. The van der Waals surface area contributed by atoms with E-state index in [-0.39, 0.29) is 6.67 Å². The van der Waals surface area contributed by atoms with E-state index < -0.39 is 0 Å². The zero-order valence-electron chi connectivity index (χ0n) is 17.1. The molecule has 0 saturated carbocycles. The van der Waals surface area contributed by atoms with Gasteiger partial charge in [0.2, 0.25) is 0 Å². The molecule has 7 heteroatoms. The number of alkyl halides is 1. The number of anilines is 1. The second kappa shape index (κ2) is 9.77. The molecule has 4 nitrogen and oxygen atoms in total. The van der Waals surface area contributed by atoms with Gasteiger partial charge in [-0.05, 0) is 43.4 Å². The molecule has 1 aromatic carbocycles. The summed E-state index contributed by atoms with van der Waals surface area (Å²) in [6, 6.07) is 5.38. The summed E-state index contributed by atoms with van der Waals surface area (Å²) in [6.45, 7) is 7.68. The van der Waals surface area contributed by atoms with Crippen molar-refractivity contribution in [1.82, 2.24) is 14.4 Å². The number of halogens is 3. The normalized spacial score (nSPS) is 11.6. The lowest BCUT2D eigenvalue weighted by molar-refractivity contribution is 0.465. The molecular formula is C22H27Cl2FN4. The summed E-state index contributed by atoms with van der Waals surface area (Å²) in [5, 5.41) is 1.12. The molecule has 3 aromatic rings. The SMILES string of the molecule is CCc1nc2c(-c3ccc(Cl)cc3Cl)nccn2c1N(CCCF)CCC(C)C. The zero-order valence-corrected chi connectivity index (χ0v) is 18.6. The molecule has 0 N–H and O–H groups in total. The van der Waals surface area contributed by atoms with Crippen LogP contribution in [0.1, 0.15) is 39.3 Å². The number of aromatic nitrogens is 3. The minimum absolute atomic E-state index is 0.330. The maximum atomic E-state index is 13.0. The Kier molecular flexibility index (Phi) is 7.36. The van der Waals surface area contributed by atoms with E-state index in [1.54, 1.807) is 18.3 Å². The van der Waals surface area contributed by atoms with Crippen LogP contribution in [0.25, 0.3) is 16.9 Å². The number of imidazole rings is 1. The van der Waals surface area contributed by atoms with Gasteiger partial charge in [0, 0.05) is 36.1 Å². The monoisotopic (exact) mass is 436 g/mol. The highest BCUT2D eigenvalue weighted by atomic mass is 35.5. The Hall–Kier alpha value is -1.85. The number of benzene rings is 1. The fourth-order valence-electron chi connectivity index (χ4n) is 3.44. The summed E-state index contributed by atoms with van der Waals surface area (Å²) in [6.07, 6.45) is 5.98. The predicted molar refractivity (Wildman–Crippen MR) is 120 cm³/mol. The highest BCUT2D eigenvalue weighted by Gasteiger charge is 2.21. The van der Waals surface area contributed by atoms with E-state index in [0.717, 1.165) is 42.1 Å². The highest BCUT2D eigenvalue weighted by molar-refractivity contribution is 6.36. The first-order chi connectivity index (χ1) is 14.0. The first-order valence-electron chi connectivity index (χ1n) is 10.1. The fraction of sp³-hybridized carbons (Fsp3) is 0.455. The molecule has 0 amide bonds. The number of rotatable bonds is 9. The summed E-state index contributed by atoms with van der Waals surface area (Å²) in [5.41, 5.74) is 3.23. The van der Waals surface area contributed by atoms with Crippen LogP contribution in [0, 0.1) is 5.92 Å². The summed E-state index contributed by atoms with van der Waals surface area (Å²) in [5.74, 6) is 1.59. The molecule has 0 saturated heterocycles. The molecule has 0 unspecified atom stereocenters. The molecule has 156 valence electrons. The molecule has 2 heterocycles. The van der Waals surface area contributed by atoms with Crippen LogP contribution in [0.4, 0.5) is 10.2 Å². The van der Waals surface area contributed by atoms with Crippen molar-refractivity contribution in [3.63, 3.8) is 0 Å². The van der Waals surface area contributed by atoms with Gasteiger partial charge in [0.15, 0.2) is 5.65 Å². The standard InChI is InChI=1S/C22H27Cl2FN4/c1-4-19-22(28(11-5-9-25)12-8-15(2)3)29-13-10-26-20(21(29)27-19)17-7-6-16(23)14-18(17)24/h6-7,10,13-15H,4-5,8-9,11-12H2,1-3H3. The first-order valence-corrected chi connectivity index (χ1v) is 10.8. The molecular weight excluding hydrogens is 410 g/mol. The Morgan fingerprint density at radius 3 is 2.66 bits per heavy atom. The molecule has 0 spiro atoms. The Balaban J connectivity index is 2.14. The second-order valence-corrected chi connectivity index (χ2v) is 8.39. The lowest BCUT2D eigenvalue weighted by Gasteiger charge is -2.26. The predicted octanol–water partition coefficient (Wildman–Crippen LogP) is 6.48. The summed E-state index contributed by atoms with van der Waals surface area (Å²) < 4.78 is 15.0. The van der Waals surface area contributed by atoms with E-state index in [0.29, 0.717) is 34.6 Å². The summed E-state index contributed by atoms with van der Waals surface area (Å²) in [7, 11) is 0. The number of aryl methyl sites for hydroxylation is 1. The van der Waals surface area contributed by atoms with Crippen molar-refractivity contribution in [3.8, 4) is 11.3 Å². The number of nitrogens with zero attached hydrogens (tertiary/aromatic N) is 4. The molecule has 0 fully saturated rings. The largest absolute Gasteiger partial charge is 0.356 e. The third kappa shape index (κ3) is 4.84. The van der Waals surface area contributed by atoms with Crippen LogP contribution in [-0.4, -0.2) is 34.1 Å². The van der Waals surface area contributed by atoms with Gasteiger partial charge in [0.25, 0.3) is 0 Å². The van der Waals surface area contributed by atoms with E-state index >= 15 is 0 Å². The van der Waals surface area contributed by atoms with Gasteiger partial charge in [0.05, 0.1) is 17.4 Å². The fourth-order valence-corrected chi connectivity index (χ4v) is 3.94. The minimum atomic E-state index is -0.330. The van der Waals surface area contributed by atoms with Gasteiger partial charge in [-0.2, -0.15) is 0 Å². The number of hydrogen-bond donors (Lipinski definition) is 0. The molecule has 29 heavy (non-hydrogen) atoms. The van der Waals surface area contributed by atoms with E-state index in [4.69, 9.17) is 28.2 Å². The van der Waals surface area contributed by atoms with Crippen molar-refractivity contribution in [2.75, 3.05) is 24.7 Å². The van der Waals surface area contributed by atoms with E-state index in [2.05, 4.69) is 35.1 Å². The maximum absolute atomic E-state index is 13.0. The van der Waals surface area contributed by atoms with Gasteiger partial charge in [-0.15, -0.1) is 0 Å². The van der Waals surface area contributed by atoms with Crippen molar-refractivity contribution < 1.29 is 4.39 Å².